The van der Waals surface area contributed by atoms with Crippen LogP contribution in [0.25, 0.3) is 0 Å². The van der Waals surface area contributed by atoms with E-state index in [0.717, 1.165) is 38.9 Å². The smallest absolute Gasteiger partial charge is 0.321 e. The highest BCUT2D eigenvalue weighted by Gasteiger charge is 2.23. The number of hydrogen-bond donors (Lipinski definition) is 3. The molecule has 0 saturated carbocycles. The first kappa shape index (κ1) is 14.8. The van der Waals surface area contributed by atoms with E-state index in [9.17, 15) is 9.59 Å². The van der Waals surface area contributed by atoms with Crippen LogP contribution in [0.5, 0.6) is 0 Å². The monoisotopic (exact) mass is 302 g/mol. The molecule has 0 radical (unpaired) electrons. The average molecular weight is 302 g/mol. The number of rotatable bonds is 3. The molecule has 2 aliphatic rings. The molecule has 2 fully saturated rings. The number of urea groups is 1. The van der Waals surface area contributed by atoms with Crippen molar-refractivity contribution in [3.63, 3.8) is 0 Å². The van der Waals surface area contributed by atoms with Crippen LogP contribution in [0.1, 0.15) is 19.3 Å². The van der Waals surface area contributed by atoms with E-state index in [4.69, 9.17) is 0 Å². The van der Waals surface area contributed by atoms with Gasteiger partial charge in [0.1, 0.15) is 0 Å². The Hall–Kier alpha value is -2.08. The summed E-state index contributed by atoms with van der Waals surface area (Å²) in [5, 5.41) is 9.03. The molecule has 118 valence electrons. The van der Waals surface area contributed by atoms with Gasteiger partial charge in [0.2, 0.25) is 5.91 Å². The zero-order valence-corrected chi connectivity index (χ0v) is 12.6. The van der Waals surface area contributed by atoms with E-state index < -0.39 is 0 Å². The van der Waals surface area contributed by atoms with E-state index in [1.54, 1.807) is 4.90 Å². The minimum atomic E-state index is -0.0956. The van der Waals surface area contributed by atoms with Gasteiger partial charge >= 0.3 is 6.03 Å². The Kier molecular flexibility index (Phi) is 4.58. The number of carbonyl (C=O) groups excluding carboxylic acids is 2. The number of anilines is 2. The minimum Gasteiger partial charge on any atom is -0.325 e. The molecular weight excluding hydrogens is 280 g/mol. The van der Waals surface area contributed by atoms with Crippen LogP contribution in [0.4, 0.5) is 16.2 Å². The van der Waals surface area contributed by atoms with Crippen LogP contribution >= 0.6 is 0 Å². The van der Waals surface area contributed by atoms with E-state index in [0.29, 0.717) is 17.9 Å². The summed E-state index contributed by atoms with van der Waals surface area (Å²) < 4.78 is 0. The fraction of sp³-hybridized carbons (Fsp3) is 0.500. The van der Waals surface area contributed by atoms with Gasteiger partial charge in [-0.3, -0.25) is 4.79 Å². The van der Waals surface area contributed by atoms with Gasteiger partial charge in [0.25, 0.3) is 0 Å². The topological polar surface area (TPSA) is 73.5 Å². The van der Waals surface area contributed by atoms with Crippen LogP contribution in [-0.2, 0) is 4.79 Å². The van der Waals surface area contributed by atoms with Crippen molar-refractivity contribution < 1.29 is 9.59 Å². The number of para-hydroxylation sites is 2. The number of nitrogens with one attached hydrogen (secondary N) is 3. The Balaban J connectivity index is 1.66. The highest BCUT2D eigenvalue weighted by molar-refractivity contribution is 6.00. The molecule has 0 bridgehead atoms. The van der Waals surface area contributed by atoms with E-state index in [1.165, 1.54) is 0 Å². The molecule has 3 N–H and O–H groups in total. The van der Waals surface area contributed by atoms with E-state index >= 15 is 0 Å². The molecular formula is C16H22N4O2. The van der Waals surface area contributed by atoms with E-state index in [-0.39, 0.29) is 17.9 Å². The number of amides is 3. The predicted octanol–water partition coefficient (Wildman–Crippen LogP) is 1.86. The van der Waals surface area contributed by atoms with Gasteiger partial charge in [0, 0.05) is 19.6 Å². The lowest BCUT2D eigenvalue weighted by atomic mass is 10.1. The summed E-state index contributed by atoms with van der Waals surface area (Å²) in [6.07, 6.45) is 2.97. The molecule has 1 atom stereocenters. The summed E-state index contributed by atoms with van der Waals surface area (Å²) in [4.78, 5) is 26.2. The third-order valence-corrected chi connectivity index (χ3v) is 4.25. The average Bonchev–Trinajstić information content (AvgIpc) is 3.23. The van der Waals surface area contributed by atoms with Crippen LogP contribution in [0.3, 0.4) is 0 Å². The highest BCUT2D eigenvalue weighted by Crippen LogP contribution is 2.23. The Morgan fingerprint density at radius 3 is 2.41 bits per heavy atom. The molecule has 0 spiro atoms. The van der Waals surface area contributed by atoms with Crippen LogP contribution < -0.4 is 16.0 Å². The van der Waals surface area contributed by atoms with Crippen LogP contribution in [0, 0.1) is 5.92 Å². The summed E-state index contributed by atoms with van der Waals surface area (Å²) in [6, 6.07) is 7.25. The lowest BCUT2D eigenvalue weighted by molar-refractivity contribution is -0.119. The van der Waals surface area contributed by atoms with Crippen molar-refractivity contribution in [3.05, 3.63) is 24.3 Å². The molecule has 3 rings (SSSR count). The fourth-order valence-corrected chi connectivity index (χ4v) is 2.93. The Labute approximate surface area is 130 Å². The zero-order chi connectivity index (χ0) is 15.4. The predicted molar refractivity (Wildman–Crippen MR) is 85.9 cm³/mol. The Morgan fingerprint density at radius 2 is 1.77 bits per heavy atom. The summed E-state index contributed by atoms with van der Waals surface area (Å²) in [5.41, 5.74) is 1.31. The molecule has 2 saturated heterocycles. The normalized spacial score (nSPS) is 20.9. The molecule has 6 nitrogen and oxygen atoms in total. The third kappa shape index (κ3) is 3.39. The highest BCUT2D eigenvalue weighted by atomic mass is 16.2. The number of likely N-dealkylation sites (tertiary alicyclic amines) is 1. The molecule has 0 aliphatic carbocycles. The van der Waals surface area contributed by atoms with Gasteiger partial charge < -0.3 is 20.9 Å². The third-order valence-electron chi connectivity index (χ3n) is 4.25. The van der Waals surface area contributed by atoms with Gasteiger partial charge in [-0.1, -0.05) is 12.1 Å². The lowest BCUT2D eigenvalue weighted by Gasteiger charge is -2.19. The number of carbonyl (C=O) groups is 2. The molecule has 0 aromatic heterocycles. The van der Waals surface area contributed by atoms with E-state index in [2.05, 4.69) is 16.0 Å². The maximum atomic E-state index is 12.2. The quantitative estimate of drug-likeness (QED) is 0.798. The zero-order valence-electron chi connectivity index (χ0n) is 12.6. The van der Waals surface area contributed by atoms with Crippen LogP contribution in [0.2, 0.25) is 0 Å². The van der Waals surface area contributed by atoms with Crippen molar-refractivity contribution in [2.45, 2.75) is 19.3 Å². The van der Waals surface area contributed by atoms with Gasteiger partial charge in [-0.2, -0.15) is 0 Å². The van der Waals surface area contributed by atoms with Crippen LogP contribution in [-0.4, -0.2) is 43.0 Å². The van der Waals surface area contributed by atoms with Crippen molar-refractivity contribution >= 4 is 23.3 Å². The van der Waals surface area contributed by atoms with Gasteiger partial charge in [-0.15, -0.1) is 0 Å². The van der Waals surface area contributed by atoms with Crippen molar-refractivity contribution in [1.82, 2.24) is 10.2 Å². The molecule has 2 aliphatic heterocycles. The van der Waals surface area contributed by atoms with Gasteiger partial charge in [-0.05, 0) is 37.9 Å². The van der Waals surface area contributed by atoms with Gasteiger partial charge in [0.05, 0.1) is 17.3 Å². The van der Waals surface area contributed by atoms with Crippen molar-refractivity contribution in [2.24, 2.45) is 5.92 Å². The Bertz CT molecular complexity index is 500. The maximum absolute atomic E-state index is 12.2. The second kappa shape index (κ2) is 6.79. The first-order valence-corrected chi connectivity index (χ1v) is 7.90. The molecule has 1 unspecified atom stereocenters. The van der Waals surface area contributed by atoms with Crippen molar-refractivity contribution in [1.29, 1.82) is 0 Å². The molecule has 1 aromatic rings. The number of nitrogens with zero attached hydrogens (tertiary/aromatic N) is 1. The van der Waals surface area contributed by atoms with Crippen LogP contribution in [0.15, 0.2) is 24.3 Å². The first-order valence-electron chi connectivity index (χ1n) is 7.90. The minimum absolute atomic E-state index is 0.00217. The van der Waals surface area contributed by atoms with Crippen molar-refractivity contribution in [3.8, 4) is 0 Å². The SMILES string of the molecule is O=C(Nc1ccccc1NC(=O)N1CCCC1)C1CCNC1. The maximum Gasteiger partial charge on any atom is 0.321 e. The first-order chi connectivity index (χ1) is 10.7. The molecule has 1 aromatic carbocycles. The fourth-order valence-electron chi connectivity index (χ4n) is 2.93. The van der Waals surface area contributed by atoms with E-state index in [1.807, 2.05) is 24.3 Å². The van der Waals surface area contributed by atoms with Crippen molar-refractivity contribution in [2.75, 3.05) is 36.8 Å². The van der Waals surface area contributed by atoms with Gasteiger partial charge in [-0.25, -0.2) is 4.79 Å². The second-order valence-electron chi connectivity index (χ2n) is 5.85. The number of hydrogen-bond acceptors (Lipinski definition) is 3. The molecule has 6 heteroatoms. The van der Waals surface area contributed by atoms with Gasteiger partial charge in [0.15, 0.2) is 0 Å². The summed E-state index contributed by atoms with van der Waals surface area (Å²) in [5.74, 6) is 0.00945. The summed E-state index contributed by atoms with van der Waals surface area (Å²) in [6.45, 7) is 3.20. The standard InChI is InChI=1S/C16H22N4O2/c21-15(12-7-8-17-11-12)18-13-5-1-2-6-14(13)19-16(22)20-9-3-4-10-20/h1-2,5-6,12,17H,3-4,7-11H2,(H,18,21)(H,19,22). The summed E-state index contributed by atoms with van der Waals surface area (Å²) in [7, 11) is 0. The molecule has 22 heavy (non-hydrogen) atoms. The number of benzene rings is 1. The molecule has 3 amide bonds. The Morgan fingerprint density at radius 1 is 1.09 bits per heavy atom. The second-order valence-corrected chi connectivity index (χ2v) is 5.85. The summed E-state index contributed by atoms with van der Waals surface area (Å²) >= 11 is 0. The lowest BCUT2D eigenvalue weighted by Crippen LogP contribution is -2.32. The largest absolute Gasteiger partial charge is 0.325 e. The molecule has 2 heterocycles.